The second-order valence-corrected chi connectivity index (χ2v) is 6.22. The molecule has 2 rings (SSSR count). The third-order valence-corrected chi connectivity index (χ3v) is 4.12. The van der Waals surface area contributed by atoms with Crippen molar-refractivity contribution >= 4 is 5.97 Å². The first-order valence-electron chi connectivity index (χ1n) is 8.86. The van der Waals surface area contributed by atoms with Crippen molar-refractivity contribution in [2.75, 3.05) is 6.61 Å². The fourth-order valence-corrected chi connectivity index (χ4v) is 2.74. The van der Waals surface area contributed by atoms with Crippen LogP contribution in [0.15, 0.2) is 36.4 Å². The number of carbonyl (C=O) groups excluding carboxylic acids is 1. The quantitative estimate of drug-likeness (QED) is 0.576. The molecule has 2 aromatic rings. The molecule has 0 aliphatic rings. The maximum Gasteiger partial charge on any atom is 0.419 e. The minimum atomic E-state index is -4.52. The van der Waals surface area contributed by atoms with Crippen molar-refractivity contribution in [2.24, 2.45) is 0 Å². The summed E-state index contributed by atoms with van der Waals surface area (Å²) in [4.78, 5) is 12.3. The highest BCUT2D eigenvalue weighted by atomic mass is 19.4. The standard InChI is InChI=1S/C21H23F3O3/c1-4-11-26-20(25)16-8-6-7-15(5-2)17(16)13-27-19-10-9-14(3)12-18(19)21(22,23)24/h6-10,12H,4-5,11,13H2,1-3H3. The first-order valence-corrected chi connectivity index (χ1v) is 8.86. The molecular formula is C21H23F3O3. The van der Waals surface area contributed by atoms with E-state index in [1.54, 1.807) is 25.1 Å². The molecular weight excluding hydrogens is 357 g/mol. The Morgan fingerprint density at radius 2 is 1.85 bits per heavy atom. The molecule has 6 heteroatoms. The molecule has 0 amide bonds. The van der Waals surface area contributed by atoms with E-state index in [-0.39, 0.29) is 19.0 Å². The highest BCUT2D eigenvalue weighted by molar-refractivity contribution is 5.91. The molecule has 0 aliphatic carbocycles. The lowest BCUT2D eigenvalue weighted by molar-refractivity contribution is -0.139. The number of halogens is 3. The van der Waals surface area contributed by atoms with E-state index in [2.05, 4.69) is 0 Å². The molecule has 2 aromatic carbocycles. The molecule has 0 spiro atoms. The van der Waals surface area contributed by atoms with Gasteiger partial charge in [-0.3, -0.25) is 0 Å². The second-order valence-electron chi connectivity index (χ2n) is 6.22. The maximum absolute atomic E-state index is 13.3. The number of benzene rings is 2. The van der Waals surface area contributed by atoms with E-state index in [9.17, 15) is 18.0 Å². The van der Waals surface area contributed by atoms with Crippen LogP contribution in [0.2, 0.25) is 0 Å². The van der Waals surface area contributed by atoms with Gasteiger partial charge in [0.05, 0.1) is 17.7 Å². The zero-order valence-electron chi connectivity index (χ0n) is 15.7. The van der Waals surface area contributed by atoms with Crippen LogP contribution in [0.3, 0.4) is 0 Å². The summed E-state index contributed by atoms with van der Waals surface area (Å²) >= 11 is 0. The molecule has 3 nitrogen and oxygen atoms in total. The van der Waals surface area contributed by atoms with E-state index in [0.29, 0.717) is 29.5 Å². The number of alkyl halides is 3. The Bertz CT molecular complexity index is 798. The molecule has 0 fully saturated rings. The third-order valence-electron chi connectivity index (χ3n) is 4.12. The number of esters is 1. The minimum Gasteiger partial charge on any atom is -0.488 e. The average molecular weight is 380 g/mol. The summed E-state index contributed by atoms with van der Waals surface area (Å²) in [6.45, 7) is 5.52. The molecule has 0 saturated heterocycles. The molecule has 0 radical (unpaired) electrons. The van der Waals surface area contributed by atoms with Crippen molar-refractivity contribution in [1.82, 2.24) is 0 Å². The second kappa shape index (κ2) is 8.93. The number of ether oxygens (including phenoxy) is 2. The van der Waals surface area contributed by atoms with Crippen LogP contribution >= 0.6 is 0 Å². The predicted octanol–water partition coefficient (Wildman–Crippen LogP) is 5.72. The van der Waals surface area contributed by atoms with Gasteiger partial charge in [-0.15, -0.1) is 0 Å². The summed E-state index contributed by atoms with van der Waals surface area (Å²) in [5.41, 5.74) is 1.37. The number of carbonyl (C=O) groups is 1. The van der Waals surface area contributed by atoms with Crippen LogP contribution in [-0.2, 0) is 23.9 Å². The van der Waals surface area contributed by atoms with Gasteiger partial charge in [-0.05, 0) is 43.5 Å². The van der Waals surface area contributed by atoms with Gasteiger partial charge in [-0.1, -0.05) is 37.6 Å². The number of hydrogen-bond donors (Lipinski definition) is 0. The number of aryl methyl sites for hydroxylation is 2. The Kier molecular flexibility index (Phi) is 6.88. The van der Waals surface area contributed by atoms with E-state index in [4.69, 9.17) is 9.47 Å². The molecule has 0 aromatic heterocycles. The maximum atomic E-state index is 13.3. The van der Waals surface area contributed by atoms with Gasteiger partial charge >= 0.3 is 12.1 Å². The molecule has 0 N–H and O–H groups in total. The smallest absolute Gasteiger partial charge is 0.419 e. The first kappa shape index (κ1) is 20.8. The highest BCUT2D eigenvalue weighted by Gasteiger charge is 2.34. The van der Waals surface area contributed by atoms with Crippen molar-refractivity contribution in [2.45, 2.75) is 46.4 Å². The predicted molar refractivity (Wildman–Crippen MR) is 96.9 cm³/mol. The monoisotopic (exact) mass is 380 g/mol. The minimum absolute atomic E-state index is 0.146. The number of hydrogen-bond acceptors (Lipinski definition) is 3. The first-order chi connectivity index (χ1) is 12.8. The van der Waals surface area contributed by atoms with Gasteiger partial charge in [-0.2, -0.15) is 13.2 Å². The van der Waals surface area contributed by atoms with Crippen LogP contribution in [0.4, 0.5) is 13.2 Å². The lowest BCUT2D eigenvalue weighted by atomic mass is 9.99. The van der Waals surface area contributed by atoms with Gasteiger partial charge in [0.25, 0.3) is 0 Å². The Labute approximate surface area is 157 Å². The van der Waals surface area contributed by atoms with E-state index in [0.717, 1.165) is 11.6 Å². The van der Waals surface area contributed by atoms with Crippen molar-refractivity contribution < 1.29 is 27.4 Å². The molecule has 27 heavy (non-hydrogen) atoms. The molecule has 0 saturated carbocycles. The van der Waals surface area contributed by atoms with Gasteiger partial charge in [0, 0.05) is 5.56 Å². The van der Waals surface area contributed by atoms with Gasteiger partial charge in [0.2, 0.25) is 0 Å². The molecule has 0 aliphatic heterocycles. The van der Waals surface area contributed by atoms with Crippen LogP contribution in [0, 0.1) is 6.92 Å². The van der Waals surface area contributed by atoms with Crippen LogP contribution in [0.1, 0.15) is 52.9 Å². The molecule has 0 unspecified atom stereocenters. The van der Waals surface area contributed by atoms with Crippen molar-refractivity contribution in [1.29, 1.82) is 0 Å². The molecule has 0 bridgehead atoms. The fraction of sp³-hybridized carbons (Fsp3) is 0.381. The Balaban J connectivity index is 2.34. The average Bonchev–Trinajstić information content (AvgIpc) is 2.64. The Morgan fingerprint density at radius 1 is 1.11 bits per heavy atom. The van der Waals surface area contributed by atoms with Crippen LogP contribution in [0.5, 0.6) is 5.75 Å². The Morgan fingerprint density at radius 3 is 2.48 bits per heavy atom. The van der Waals surface area contributed by atoms with Crippen molar-refractivity contribution in [3.8, 4) is 5.75 Å². The van der Waals surface area contributed by atoms with Crippen LogP contribution < -0.4 is 4.74 Å². The van der Waals surface area contributed by atoms with Gasteiger partial charge in [0.1, 0.15) is 12.4 Å². The van der Waals surface area contributed by atoms with Crippen molar-refractivity contribution in [3.63, 3.8) is 0 Å². The lowest BCUT2D eigenvalue weighted by Gasteiger charge is -2.17. The van der Waals surface area contributed by atoms with E-state index >= 15 is 0 Å². The summed E-state index contributed by atoms with van der Waals surface area (Å²) in [6.07, 6.45) is -3.22. The summed E-state index contributed by atoms with van der Waals surface area (Å²) in [5, 5.41) is 0. The zero-order chi connectivity index (χ0) is 20.0. The summed E-state index contributed by atoms with van der Waals surface area (Å²) in [6, 6.07) is 9.09. The summed E-state index contributed by atoms with van der Waals surface area (Å²) in [5.74, 6) is -0.752. The van der Waals surface area contributed by atoms with E-state index < -0.39 is 17.7 Å². The van der Waals surface area contributed by atoms with Crippen LogP contribution in [0.25, 0.3) is 0 Å². The topological polar surface area (TPSA) is 35.5 Å². The molecule has 0 heterocycles. The van der Waals surface area contributed by atoms with Crippen molar-refractivity contribution in [3.05, 3.63) is 64.2 Å². The van der Waals surface area contributed by atoms with E-state index in [1.165, 1.54) is 6.07 Å². The summed E-state index contributed by atoms with van der Waals surface area (Å²) in [7, 11) is 0. The van der Waals surface area contributed by atoms with Crippen LogP contribution in [-0.4, -0.2) is 12.6 Å². The third kappa shape index (κ3) is 5.25. The zero-order valence-corrected chi connectivity index (χ0v) is 15.7. The van der Waals surface area contributed by atoms with Gasteiger partial charge in [0.15, 0.2) is 0 Å². The highest BCUT2D eigenvalue weighted by Crippen LogP contribution is 2.37. The largest absolute Gasteiger partial charge is 0.488 e. The molecule has 146 valence electrons. The SMILES string of the molecule is CCCOC(=O)c1cccc(CC)c1COc1ccc(C)cc1C(F)(F)F. The summed E-state index contributed by atoms with van der Waals surface area (Å²) < 4.78 is 50.6. The number of rotatable bonds is 7. The lowest BCUT2D eigenvalue weighted by Crippen LogP contribution is -2.14. The Hall–Kier alpha value is -2.50. The van der Waals surface area contributed by atoms with Gasteiger partial charge in [-0.25, -0.2) is 4.79 Å². The normalized spacial score (nSPS) is 11.3. The fourth-order valence-electron chi connectivity index (χ4n) is 2.74. The van der Waals surface area contributed by atoms with E-state index in [1.807, 2.05) is 19.9 Å². The van der Waals surface area contributed by atoms with Gasteiger partial charge < -0.3 is 9.47 Å². The molecule has 0 atom stereocenters.